The fraction of sp³-hybridized carbons (Fsp3) is 0.667. The van der Waals surface area contributed by atoms with E-state index in [1.54, 1.807) is 20.3 Å². The quantitative estimate of drug-likeness (QED) is 0.637. The zero-order chi connectivity index (χ0) is 8.97. The van der Waals surface area contributed by atoms with Crippen molar-refractivity contribution in [2.45, 2.75) is 12.8 Å². The normalized spacial score (nSPS) is 23.7. The van der Waals surface area contributed by atoms with Crippen LogP contribution in [-0.4, -0.2) is 26.6 Å². The number of ketones is 1. The molecular weight excluding hydrogens is 156 g/mol. The molecule has 1 unspecified atom stereocenters. The fourth-order valence-electron chi connectivity index (χ4n) is 1.43. The Kier molecular flexibility index (Phi) is 3.29. The molecule has 1 aliphatic carbocycles. The lowest BCUT2D eigenvalue weighted by atomic mass is 9.93. The van der Waals surface area contributed by atoms with Crippen LogP contribution in [0.25, 0.3) is 0 Å². The van der Waals surface area contributed by atoms with E-state index in [4.69, 9.17) is 9.47 Å². The van der Waals surface area contributed by atoms with Gasteiger partial charge in [0.25, 0.3) is 0 Å². The summed E-state index contributed by atoms with van der Waals surface area (Å²) in [5.74, 6) is 1.20. The van der Waals surface area contributed by atoms with Gasteiger partial charge in [-0.1, -0.05) is 0 Å². The molecule has 0 aliphatic heterocycles. The third kappa shape index (κ3) is 2.34. The van der Waals surface area contributed by atoms with Gasteiger partial charge >= 0.3 is 0 Å². The SMILES string of the molecule is COCC1CC(=O)C=C(OC)C1. The van der Waals surface area contributed by atoms with Crippen LogP contribution in [0.4, 0.5) is 0 Å². The Bertz CT molecular complexity index is 196. The second-order valence-corrected chi connectivity index (χ2v) is 3.01. The minimum absolute atomic E-state index is 0.139. The molecule has 0 spiro atoms. The maximum absolute atomic E-state index is 11.1. The number of ether oxygens (including phenoxy) is 2. The van der Waals surface area contributed by atoms with E-state index < -0.39 is 0 Å². The van der Waals surface area contributed by atoms with Crippen molar-refractivity contribution < 1.29 is 14.3 Å². The molecule has 0 radical (unpaired) electrons. The highest BCUT2D eigenvalue weighted by Gasteiger charge is 2.20. The average Bonchev–Trinajstić information content (AvgIpc) is 2.04. The Morgan fingerprint density at radius 3 is 2.83 bits per heavy atom. The number of hydrogen-bond acceptors (Lipinski definition) is 3. The first-order valence-corrected chi connectivity index (χ1v) is 4.02. The molecule has 0 aromatic heterocycles. The van der Waals surface area contributed by atoms with Gasteiger partial charge < -0.3 is 9.47 Å². The maximum atomic E-state index is 11.1. The third-order valence-corrected chi connectivity index (χ3v) is 1.97. The Morgan fingerprint density at radius 2 is 2.25 bits per heavy atom. The first-order chi connectivity index (χ1) is 5.76. The molecule has 3 nitrogen and oxygen atoms in total. The van der Waals surface area contributed by atoms with Crippen molar-refractivity contribution in [1.29, 1.82) is 0 Å². The smallest absolute Gasteiger partial charge is 0.159 e. The van der Waals surface area contributed by atoms with Gasteiger partial charge in [0.2, 0.25) is 0 Å². The Balaban J connectivity index is 2.53. The van der Waals surface area contributed by atoms with Gasteiger partial charge in [-0.3, -0.25) is 4.79 Å². The van der Waals surface area contributed by atoms with Gasteiger partial charge in [-0.2, -0.15) is 0 Å². The van der Waals surface area contributed by atoms with E-state index in [9.17, 15) is 4.79 Å². The molecule has 3 heteroatoms. The van der Waals surface area contributed by atoms with Crippen LogP contribution in [0.5, 0.6) is 0 Å². The Hall–Kier alpha value is -0.830. The van der Waals surface area contributed by atoms with Crippen molar-refractivity contribution >= 4 is 5.78 Å². The summed E-state index contributed by atoms with van der Waals surface area (Å²) in [7, 11) is 3.24. The van der Waals surface area contributed by atoms with E-state index in [0.717, 1.165) is 12.2 Å². The molecule has 0 aromatic rings. The molecule has 0 bridgehead atoms. The van der Waals surface area contributed by atoms with Gasteiger partial charge in [0.1, 0.15) is 0 Å². The number of hydrogen-bond donors (Lipinski definition) is 0. The molecule has 0 amide bonds. The second-order valence-electron chi connectivity index (χ2n) is 3.01. The molecule has 0 N–H and O–H groups in total. The summed E-state index contributed by atoms with van der Waals surface area (Å²) >= 11 is 0. The largest absolute Gasteiger partial charge is 0.501 e. The van der Waals surface area contributed by atoms with Crippen molar-refractivity contribution in [2.24, 2.45) is 5.92 Å². The van der Waals surface area contributed by atoms with Crippen LogP contribution >= 0.6 is 0 Å². The monoisotopic (exact) mass is 170 g/mol. The third-order valence-electron chi connectivity index (χ3n) is 1.97. The zero-order valence-corrected chi connectivity index (χ0v) is 7.50. The summed E-state index contributed by atoms with van der Waals surface area (Å²) < 4.78 is 10.0. The Labute approximate surface area is 72.4 Å². The van der Waals surface area contributed by atoms with E-state index in [-0.39, 0.29) is 5.78 Å². The first-order valence-electron chi connectivity index (χ1n) is 4.02. The summed E-state index contributed by atoms with van der Waals surface area (Å²) in [5, 5.41) is 0. The molecule has 1 rings (SSSR count). The van der Waals surface area contributed by atoms with Gasteiger partial charge in [0.15, 0.2) is 5.78 Å². The highest BCUT2D eigenvalue weighted by atomic mass is 16.5. The zero-order valence-electron chi connectivity index (χ0n) is 7.50. The Morgan fingerprint density at radius 1 is 1.50 bits per heavy atom. The number of carbonyl (C=O) groups excluding carboxylic acids is 1. The highest BCUT2D eigenvalue weighted by Crippen LogP contribution is 2.22. The van der Waals surface area contributed by atoms with Crippen molar-refractivity contribution in [3.8, 4) is 0 Å². The van der Waals surface area contributed by atoms with Crippen LogP contribution in [0.15, 0.2) is 11.8 Å². The average molecular weight is 170 g/mol. The van der Waals surface area contributed by atoms with Crippen LogP contribution in [0.2, 0.25) is 0 Å². The molecule has 0 aromatic carbocycles. The van der Waals surface area contributed by atoms with E-state index in [0.29, 0.717) is 18.9 Å². The summed E-state index contributed by atoms with van der Waals surface area (Å²) in [6.45, 7) is 0.631. The van der Waals surface area contributed by atoms with Gasteiger partial charge in [0, 0.05) is 32.6 Å². The van der Waals surface area contributed by atoms with E-state index in [1.807, 2.05) is 0 Å². The highest BCUT2D eigenvalue weighted by molar-refractivity contribution is 5.91. The van der Waals surface area contributed by atoms with Crippen molar-refractivity contribution in [2.75, 3.05) is 20.8 Å². The standard InChI is InChI=1S/C9H14O3/c1-11-6-7-3-8(10)5-9(4-7)12-2/h5,7H,3-4,6H2,1-2H3. The molecule has 12 heavy (non-hydrogen) atoms. The molecular formula is C9H14O3. The summed E-state index contributed by atoms with van der Waals surface area (Å²) in [4.78, 5) is 11.1. The van der Waals surface area contributed by atoms with Crippen LogP contribution in [0.1, 0.15) is 12.8 Å². The summed E-state index contributed by atoms with van der Waals surface area (Å²) in [5.41, 5.74) is 0. The van der Waals surface area contributed by atoms with E-state index >= 15 is 0 Å². The van der Waals surface area contributed by atoms with Gasteiger partial charge in [0.05, 0.1) is 12.9 Å². The predicted molar refractivity (Wildman–Crippen MR) is 44.7 cm³/mol. The molecule has 0 heterocycles. The lowest BCUT2D eigenvalue weighted by molar-refractivity contribution is -0.116. The molecule has 68 valence electrons. The second kappa shape index (κ2) is 4.26. The van der Waals surface area contributed by atoms with Crippen molar-refractivity contribution in [1.82, 2.24) is 0 Å². The maximum Gasteiger partial charge on any atom is 0.159 e. The number of allylic oxidation sites excluding steroid dienone is 2. The van der Waals surface area contributed by atoms with Crippen LogP contribution < -0.4 is 0 Å². The minimum Gasteiger partial charge on any atom is -0.501 e. The molecule has 1 atom stereocenters. The van der Waals surface area contributed by atoms with Gasteiger partial charge in [-0.05, 0) is 5.92 Å². The fourth-order valence-corrected chi connectivity index (χ4v) is 1.43. The number of methoxy groups -OCH3 is 2. The number of rotatable bonds is 3. The molecule has 1 aliphatic rings. The van der Waals surface area contributed by atoms with Crippen LogP contribution in [0.3, 0.4) is 0 Å². The van der Waals surface area contributed by atoms with Gasteiger partial charge in [-0.15, -0.1) is 0 Å². The van der Waals surface area contributed by atoms with Gasteiger partial charge in [-0.25, -0.2) is 0 Å². The van der Waals surface area contributed by atoms with Crippen molar-refractivity contribution in [3.63, 3.8) is 0 Å². The lowest BCUT2D eigenvalue weighted by Crippen LogP contribution is -2.18. The molecule has 0 fully saturated rings. The summed E-state index contributed by atoms with van der Waals surface area (Å²) in [6, 6.07) is 0. The first kappa shape index (κ1) is 9.26. The van der Waals surface area contributed by atoms with E-state index in [2.05, 4.69) is 0 Å². The lowest BCUT2D eigenvalue weighted by Gasteiger charge is -2.19. The van der Waals surface area contributed by atoms with Crippen LogP contribution in [-0.2, 0) is 14.3 Å². The molecule has 0 saturated carbocycles. The summed E-state index contributed by atoms with van der Waals surface area (Å²) in [6.07, 6.45) is 2.98. The topological polar surface area (TPSA) is 35.5 Å². The minimum atomic E-state index is 0.139. The number of carbonyl (C=O) groups is 1. The predicted octanol–water partition coefficient (Wildman–Crippen LogP) is 1.14. The van der Waals surface area contributed by atoms with Crippen molar-refractivity contribution in [3.05, 3.63) is 11.8 Å². The molecule has 0 saturated heterocycles. The van der Waals surface area contributed by atoms with Crippen LogP contribution in [0, 0.1) is 5.92 Å². The van der Waals surface area contributed by atoms with E-state index in [1.165, 1.54) is 0 Å².